The molecule has 0 unspecified atom stereocenters. The summed E-state index contributed by atoms with van der Waals surface area (Å²) in [4.78, 5) is 39.1. The third kappa shape index (κ3) is 6.58. The van der Waals surface area contributed by atoms with Crippen LogP contribution < -0.4 is 5.32 Å². The highest BCUT2D eigenvalue weighted by molar-refractivity contribution is 5.99. The average Bonchev–Trinajstić information content (AvgIpc) is 3.58. The highest BCUT2D eigenvalue weighted by Crippen LogP contribution is 2.34. The molecule has 0 saturated carbocycles. The number of hydrogen-bond donors (Lipinski definition) is 2. The number of hydrogen-bond acceptors (Lipinski definition) is 8. The number of ether oxygens (including phenoxy) is 4. The van der Waals surface area contributed by atoms with Crippen molar-refractivity contribution in [1.82, 2.24) is 19.9 Å². The van der Waals surface area contributed by atoms with Crippen molar-refractivity contribution in [3.63, 3.8) is 0 Å². The summed E-state index contributed by atoms with van der Waals surface area (Å²) in [5.41, 5.74) is -0.105. The van der Waals surface area contributed by atoms with Crippen LogP contribution in [0.4, 0.5) is 28.2 Å². The second kappa shape index (κ2) is 11.7. The Morgan fingerprint density at radius 3 is 2.58 bits per heavy atom. The lowest BCUT2D eigenvalue weighted by molar-refractivity contribution is -0.138. The van der Waals surface area contributed by atoms with Crippen LogP contribution in [0.3, 0.4) is 0 Å². The maximum Gasteiger partial charge on any atom is 0.417 e. The second-order valence-corrected chi connectivity index (χ2v) is 11.3. The van der Waals surface area contributed by atoms with Crippen LogP contribution in [-0.4, -0.2) is 69.9 Å². The zero-order valence-electron chi connectivity index (χ0n) is 23.9. The van der Waals surface area contributed by atoms with Gasteiger partial charge in [0, 0.05) is 31.0 Å². The topological polar surface area (TPSA) is 128 Å². The van der Waals surface area contributed by atoms with Crippen molar-refractivity contribution in [1.29, 1.82) is 0 Å². The standard InChI is InChI=1S/C28H31F4N5O6/c1-27(2,3)43-26(39)36-24-16-12-42-11-15(16)23-18(35-24)8-19(34-23)25(38)37(21-13-41-6-5-22(21)40-4)10-20-17(29)7-14(9-33-20)28(30,31)32/h7-9,21-22,34H,5-6,10-13H2,1-4H3,(H,35,36,39)/t21-,22-/m1/s1. The van der Waals surface area contributed by atoms with E-state index in [1.165, 1.54) is 18.1 Å². The zero-order chi connectivity index (χ0) is 31.1. The van der Waals surface area contributed by atoms with Gasteiger partial charge in [0.1, 0.15) is 22.9 Å². The second-order valence-electron chi connectivity index (χ2n) is 11.3. The highest BCUT2D eigenvalue weighted by atomic mass is 19.4. The van der Waals surface area contributed by atoms with Gasteiger partial charge in [-0.2, -0.15) is 13.2 Å². The van der Waals surface area contributed by atoms with Crippen LogP contribution in [0.5, 0.6) is 0 Å². The van der Waals surface area contributed by atoms with Crippen LogP contribution in [0.1, 0.15) is 60.1 Å². The van der Waals surface area contributed by atoms with Crippen molar-refractivity contribution in [3.05, 3.63) is 52.2 Å². The number of aromatic nitrogens is 3. The van der Waals surface area contributed by atoms with Crippen LogP contribution in [-0.2, 0) is 44.9 Å². The lowest BCUT2D eigenvalue weighted by Crippen LogP contribution is -2.52. The predicted molar refractivity (Wildman–Crippen MR) is 144 cm³/mol. The van der Waals surface area contributed by atoms with E-state index in [2.05, 4.69) is 20.3 Å². The van der Waals surface area contributed by atoms with Crippen molar-refractivity contribution >= 4 is 28.9 Å². The van der Waals surface area contributed by atoms with Gasteiger partial charge in [-0.25, -0.2) is 14.2 Å². The predicted octanol–water partition coefficient (Wildman–Crippen LogP) is 4.94. The number of methoxy groups -OCH3 is 1. The van der Waals surface area contributed by atoms with Crippen LogP contribution in [0.25, 0.3) is 11.0 Å². The van der Waals surface area contributed by atoms with E-state index >= 15 is 0 Å². The molecule has 0 bridgehead atoms. The van der Waals surface area contributed by atoms with Gasteiger partial charge in [-0.3, -0.25) is 15.1 Å². The number of alkyl halides is 3. The number of halogens is 4. The molecule has 2 amide bonds. The molecule has 0 aromatic carbocycles. The summed E-state index contributed by atoms with van der Waals surface area (Å²) >= 11 is 0. The third-order valence-electron chi connectivity index (χ3n) is 7.12. The lowest BCUT2D eigenvalue weighted by atomic mass is 10.0. The molecule has 3 aromatic rings. The first-order valence-electron chi connectivity index (χ1n) is 13.5. The third-order valence-corrected chi connectivity index (χ3v) is 7.12. The van der Waals surface area contributed by atoms with E-state index in [9.17, 15) is 27.2 Å². The minimum atomic E-state index is -4.78. The number of amides is 2. The van der Waals surface area contributed by atoms with Gasteiger partial charge >= 0.3 is 12.3 Å². The van der Waals surface area contributed by atoms with Crippen molar-refractivity contribution in [2.75, 3.05) is 25.6 Å². The maximum absolute atomic E-state index is 14.9. The first-order chi connectivity index (χ1) is 20.2. The van der Waals surface area contributed by atoms with Crippen molar-refractivity contribution in [3.8, 4) is 0 Å². The molecule has 5 heterocycles. The Kier molecular flexibility index (Phi) is 8.33. The monoisotopic (exact) mass is 609 g/mol. The lowest BCUT2D eigenvalue weighted by Gasteiger charge is -2.38. The molecule has 2 N–H and O–H groups in total. The van der Waals surface area contributed by atoms with E-state index in [1.54, 1.807) is 20.8 Å². The van der Waals surface area contributed by atoms with Crippen LogP contribution in [0.15, 0.2) is 18.3 Å². The number of nitrogens with one attached hydrogen (secondary N) is 2. The molecule has 5 rings (SSSR count). The Bertz CT molecular complexity index is 1540. The van der Waals surface area contributed by atoms with Crippen LogP contribution in [0.2, 0.25) is 0 Å². The van der Waals surface area contributed by atoms with Gasteiger partial charge in [0.25, 0.3) is 5.91 Å². The van der Waals surface area contributed by atoms with Gasteiger partial charge in [0.15, 0.2) is 0 Å². The number of carbonyl (C=O) groups is 2. The summed E-state index contributed by atoms with van der Waals surface area (Å²) in [6.07, 6.45) is -5.01. The Hall–Kier alpha value is -3.82. The van der Waals surface area contributed by atoms with E-state index in [0.717, 1.165) is 0 Å². The summed E-state index contributed by atoms with van der Waals surface area (Å²) in [5, 5.41) is 2.65. The molecule has 0 radical (unpaired) electrons. The minimum Gasteiger partial charge on any atom is -0.444 e. The Morgan fingerprint density at radius 1 is 1.16 bits per heavy atom. The Morgan fingerprint density at radius 2 is 1.91 bits per heavy atom. The first-order valence-corrected chi connectivity index (χ1v) is 13.5. The molecule has 3 aromatic heterocycles. The number of nitrogens with zero attached hydrogens (tertiary/aromatic N) is 3. The molecule has 43 heavy (non-hydrogen) atoms. The molecule has 0 spiro atoms. The molecule has 232 valence electrons. The molecule has 1 saturated heterocycles. The molecule has 15 heteroatoms. The molecule has 11 nitrogen and oxygen atoms in total. The number of pyridine rings is 2. The number of rotatable bonds is 6. The molecule has 2 atom stereocenters. The number of aromatic amines is 1. The van der Waals surface area contributed by atoms with Gasteiger partial charge in [0.05, 0.1) is 60.8 Å². The van der Waals surface area contributed by atoms with Gasteiger partial charge in [-0.1, -0.05) is 0 Å². The fraction of sp³-hybridized carbons (Fsp3) is 0.500. The van der Waals surface area contributed by atoms with Crippen LogP contribution >= 0.6 is 0 Å². The maximum atomic E-state index is 14.9. The smallest absolute Gasteiger partial charge is 0.417 e. The molecule has 2 aliphatic heterocycles. The summed E-state index contributed by atoms with van der Waals surface area (Å²) in [6, 6.07) is 1.13. The van der Waals surface area contributed by atoms with Crippen molar-refractivity contribution in [2.45, 2.75) is 70.9 Å². The van der Waals surface area contributed by atoms with Gasteiger partial charge in [-0.05, 0) is 39.3 Å². The molecule has 2 aliphatic rings. The fourth-order valence-corrected chi connectivity index (χ4v) is 5.09. The van der Waals surface area contributed by atoms with Gasteiger partial charge in [0.2, 0.25) is 0 Å². The van der Waals surface area contributed by atoms with Gasteiger partial charge in [-0.15, -0.1) is 0 Å². The van der Waals surface area contributed by atoms with Crippen molar-refractivity contribution in [2.24, 2.45) is 0 Å². The highest BCUT2D eigenvalue weighted by Gasteiger charge is 2.37. The normalized spacial score (nSPS) is 18.9. The largest absolute Gasteiger partial charge is 0.444 e. The summed E-state index contributed by atoms with van der Waals surface area (Å²) in [6.45, 7) is 5.52. The zero-order valence-corrected chi connectivity index (χ0v) is 23.9. The first kappa shape index (κ1) is 30.6. The molecular weight excluding hydrogens is 578 g/mol. The van der Waals surface area contributed by atoms with Crippen molar-refractivity contribution < 1.29 is 46.1 Å². The minimum absolute atomic E-state index is 0.0537. The molecular formula is C28H31F4N5O6. The van der Waals surface area contributed by atoms with E-state index in [-0.39, 0.29) is 37.0 Å². The van der Waals surface area contributed by atoms with E-state index < -0.39 is 53.8 Å². The summed E-state index contributed by atoms with van der Waals surface area (Å²) in [7, 11) is 1.47. The summed E-state index contributed by atoms with van der Waals surface area (Å²) in [5.74, 6) is -1.59. The SMILES string of the molecule is CO[C@@H]1CCOC[C@H]1N(Cc1ncc(C(F)(F)F)cc1F)C(=O)c1cc2nc(NC(=O)OC(C)(C)C)c3c(c2[nH]1)COC3. The van der Waals surface area contributed by atoms with E-state index in [4.69, 9.17) is 18.9 Å². The van der Waals surface area contributed by atoms with E-state index in [0.29, 0.717) is 47.5 Å². The quantitative estimate of drug-likeness (QED) is 0.377. The van der Waals surface area contributed by atoms with E-state index in [1.807, 2.05) is 0 Å². The number of anilines is 1. The fourth-order valence-electron chi connectivity index (χ4n) is 5.09. The Labute approximate surface area is 243 Å². The Balaban J connectivity index is 1.51. The average molecular weight is 610 g/mol. The number of carbonyl (C=O) groups excluding carboxylic acids is 2. The number of fused-ring (bicyclic) bond motifs is 3. The number of H-pyrrole nitrogens is 1. The summed E-state index contributed by atoms with van der Waals surface area (Å²) < 4.78 is 76.3. The molecule has 1 fully saturated rings. The molecule has 0 aliphatic carbocycles. The van der Waals surface area contributed by atoms with Gasteiger partial charge < -0.3 is 28.8 Å². The van der Waals surface area contributed by atoms with Crippen LogP contribution in [0, 0.1) is 5.82 Å².